The topological polar surface area (TPSA) is 85.4 Å². The van der Waals surface area contributed by atoms with Gasteiger partial charge in [0.15, 0.2) is 5.76 Å². The Hall–Kier alpha value is -2.28. The van der Waals surface area contributed by atoms with Gasteiger partial charge >= 0.3 is 5.88 Å². The molecule has 0 saturated carbocycles. The van der Waals surface area contributed by atoms with E-state index in [1.807, 2.05) is 30.3 Å². The van der Waals surface area contributed by atoms with Gasteiger partial charge in [0.1, 0.15) is 4.92 Å². The molecule has 0 aliphatic rings. The molecule has 21 heavy (non-hydrogen) atoms. The molecule has 2 aromatic rings. The first-order valence-electron chi connectivity index (χ1n) is 6.37. The number of rotatable bonds is 7. The molecule has 7 heteroatoms. The summed E-state index contributed by atoms with van der Waals surface area (Å²) in [5.41, 5.74) is 0. The average Bonchev–Trinajstić information content (AvgIpc) is 2.98. The van der Waals surface area contributed by atoms with Crippen molar-refractivity contribution in [2.24, 2.45) is 0 Å². The molecule has 0 atom stereocenters. The fourth-order valence-electron chi connectivity index (χ4n) is 1.62. The smallest absolute Gasteiger partial charge is 0.395 e. The third-order valence-electron chi connectivity index (χ3n) is 2.61. The lowest BCUT2D eigenvalue weighted by Crippen LogP contribution is -2.24. The van der Waals surface area contributed by atoms with Crippen LogP contribution in [0.15, 0.2) is 51.8 Å². The van der Waals surface area contributed by atoms with Crippen molar-refractivity contribution in [1.29, 1.82) is 0 Å². The van der Waals surface area contributed by atoms with E-state index < -0.39 is 16.7 Å². The van der Waals surface area contributed by atoms with E-state index in [-0.39, 0.29) is 5.76 Å². The molecule has 0 spiro atoms. The third kappa shape index (κ3) is 4.64. The number of furan rings is 1. The second-order valence-corrected chi connectivity index (χ2v) is 5.33. The molecule has 0 bridgehead atoms. The Bertz CT molecular complexity index is 612. The summed E-state index contributed by atoms with van der Waals surface area (Å²) in [7, 11) is 0. The summed E-state index contributed by atoms with van der Waals surface area (Å²) in [6.07, 6.45) is 0.800. The monoisotopic (exact) mass is 306 g/mol. The minimum atomic E-state index is -0.673. The number of amides is 1. The van der Waals surface area contributed by atoms with Crippen molar-refractivity contribution >= 4 is 23.6 Å². The molecule has 1 heterocycles. The Labute approximate surface area is 125 Å². The zero-order valence-corrected chi connectivity index (χ0v) is 12.0. The van der Waals surface area contributed by atoms with Crippen molar-refractivity contribution in [3.05, 3.63) is 58.3 Å². The summed E-state index contributed by atoms with van der Waals surface area (Å²) in [5.74, 6) is -0.0345. The molecular weight excluding hydrogens is 292 g/mol. The molecule has 1 aromatic heterocycles. The molecule has 0 saturated heterocycles. The molecule has 0 unspecified atom stereocenters. The first kappa shape index (κ1) is 15.1. The molecule has 1 aromatic carbocycles. The van der Waals surface area contributed by atoms with Gasteiger partial charge in [-0.3, -0.25) is 14.9 Å². The van der Waals surface area contributed by atoms with Crippen LogP contribution in [-0.2, 0) is 0 Å². The first-order chi connectivity index (χ1) is 10.2. The Balaban J connectivity index is 1.68. The van der Waals surface area contributed by atoms with Crippen molar-refractivity contribution in [1.82, 2.24) is 5.32 Å². The maximum atomic E-state index is 11.7. The van der Waals surface area contributed by atoms with Crippen molar-refractivity contribution in [3.63, 3.8) is 0 Å². The number of nitrogens with zero attached hydrogens (tertiary/aromatic N) is 1. The van der Waals surface area contributed by atoms with Gasteiger partial charge in [0.25, 0.3) is 5.91 Å². The lowest BCUT2D eigenvalue weighted by Gasteiger charge is -2.03. The Morgan fingerprint density at radius 1 is 1.24 bits per heavy atom. The molecule has 0 aliphatic carbocycles. The highest BCUT2D eigenvalue weighted by atomic mass is 32.2. The number of nitro groups is 1. The largest absolute Gasteiger partial charge is 0.433 e. The number of nitrogens with one attached hydrogen (secondary N) is 1. The van der Waals surface area contributed by atoms with Gasteiger partial charge in [-0.1, -0.05) is 18.2 Å². The second-order valence-electron chi connectivity index (χ2n) is 4.17. The van der Waals surface area contributed by atoms with Gasteiger partial charge in [-0.05, 0) is 30.4 Å². The quantitative estimate of drug-likeness (QED) is 0.368. The van der Waals surface area contributed by atoms with Gasteiger partial charge in [-0.15, -0.1) is 11.8 Å². The number of benzene rings is 1. The summed E-state index contributed by atoms with van der Waals surface area (Å²) in [6, 6.07) is 12.5. The summed E-state index contributed by atoms with van der Waals surface area (Å²) < 4.78 is 4.82. The number of carbonyl (C=O) groups excluding carboxylic acids is 1. The van der Waals surface area contributed by atoms with Crippen LogP contribution in [0.1, 0.15) is 17.0 Å². The van der Waals surface area contributed by atoms with Gasteiger partial charge in [0, 0.05) is 11.4 Å². The maximum Gasteiger partial charge on any atom is 0.433 e. The maximum absolute atomic E-state index is 11.7. The minimum Gasteiger partial charge on any atom is -0.395 e. The molecule has 1 amide bonds. The molecular formula is C14H14N2O4S. The number of carbonyl (C=O) groups is 1. The summed E-state index contributed by atoms with van der Waals surface area (Å²) >= 11 is 1.71. The van der Waals surface area contributed by atoms with Gasteiger partial charge in [-0.2, -0.15) is 0 Å². The van der Waals surface area contributed by atoms with Crippen molar-refractivity contribution < 1.29 is 14.1 Å². The van der Waals surface area contributed by atoms with E-state index in [4.69, 9.17) is 4.42 Å². The summed E-state index contributed by atoms with van der Waals surface area (Å²) in [6.45, 7) is 0.493. The molecule has 6 nitrogen and oxygen atoms in total. The van der Waals surface area contributed by atoms with Crippen molar-refractivity contribution in [2.45, 2.75) is 11.3 Å². The Kier molecular flexibility index (Phi) is 5.39. The first-order valence-corrected chi connectivity index (χ1v) is 7.35. The van der Waals surface area contributed by atoms with Crippen molar-refractivity contribution in [3.8, 4) is 0 Å². The zero-order valence-electron chi connectivity index (χ0n) is 11.2. The predicted molar refractivity (Wildman–Crippen MR) is 79.5 cm³/mol. The average molecular weight is 306 g/mol. The zero-order chi connectivity index (χ0) is 15.1. The highest BCUT2D eigenvalue weighted by Gasteiger charge is 2.16. The number of hydrogen-bond donors (Lipinski definition) is 1. The number of hydrogen-bond acceptors (Lipinski definition) is 5. The van der Waals surface area contributed by atoms with Crippen LogP contribution in [0.3, 0.4) is 0 Å². The van der Waals surface area contributed by atoms with Crippen molar-refractivity contribution in [2.75, 3.05) is 12.3 Å². The Morgan fingerprint density at radius 2 is 2.00 bits per heavy atom. The van der Waals surface area contributed by atoms with Crippen LogP contribution in [0, 0.1) is 10.1 Å². The van der Waals surface area contributed by atoms with E-state index >= 15 is 0 Å². The summed E-state index contributed by atoms with van der Waals surface area (Å²) in [5, 5.41) is 13.1. The van der Waals surface area contributed by atoms with Crippen LogP contribution < -0.4 is 5.32 Å². The predicted octanol–water partition coefficient (Wildman–Crippen LogP) is 3.10. The SMILES string of the molecule is O=C(NCCCSc1ccccc1)c1ccc([N+](=O)[O-])o1. The molecule has 1 N–H and O–H groups in total. The minimum absolute atomic E-state index is 0.0441. The van der Waals surface area contributed by atoms with Crippen LogP contribution in [-0.4, -0.2) is 23.1 Å². The van der Waals surface area contributed by atoms with E-state index in [1.165, 1.54) is 17.0 Å². The van der Waals surface area contributed by atoms with E-state index in [1.54, 1.807) is 11.8 Å². The van der Waals surface area contributed by atoms with Gasteiger partial charge in [-0.25, -0.2) is 0 Å². The van der Waals surface area contributed by atoms with E-state index in [9.17, 15) is 14.9 Å². The van der Waals surface area contributed by atoms with Crippen LogP contribution in [0.5, 0.6) is 0 Å². The van der Waals surface area contributed by atoms with Crippen LogP contribution >= 0.6 is 11.8 Å². The summed E-state index contributed by atoms with van der Waals surface area (Å²) in [4.78, 5) is 22.6. The molecule has 0 radical (unpaired) electrons. The van der Waals surface area contributed by atoms with Crippen LogP contribution in [0.25, 0.3) is 0 Å². The van der Waals surface area contributed by atoms with Gasteiger partial charge < -0.3 is 9.73 Å². The lowest BCUT2D eigenvalue weighted by molar-refractivity contribution is -0.402. The van der Waals surface area contributed by atoms with E-state index in [0.29, 0.717) is 6.54 Å². The highest BCUT2D eigenvalue weighted by Crippen LogP contribution is 2.17. The van der Waals surface area contributed by atoms with Gasteiger partial charge in [0.2, 0.25) is 0 Å². The molecule has 0 aliphatic heterocycles. The standard InChI is InChI=1S/C14H14N2O4S/c17-14(12-7-8-13(20-12)16(18)19)15-9-4-10-21-11-5-2-1-3-6-11/h1-3,5-8H,4,9-10H2,(H,15,17). The molecule has 2 rings (SSSR count). The van der Waals surface area contributed by atoms with Gasteiger partial charge in [0.05, 0.1) is 6.07 Å². The Morgan fingerprint density at radius 3 is 2.67 bits per heavy atom. The normalized spacial score (nSPS) is 10.3. The van der Waals surface area contributed by atoms with E-state index in [2.05, 4.69) is 5.32 Å². The lowest BCUT2D eigenvalue weighted by atomic mass is 10.4. The fraction of sp³-hybridized carbons (Fsp3) is 0.214. The van der Waals surface area contributed by atoms with Crippen LogP contribution in [0.4, 0.5) is 5.88 Å². The third-order valence-corrected chi connectivity index (χ3v) is 3.71. The molecule has 0 fully saturated rings. The van der Waals surface area contributed by atoms with E-state index in [0.717, 1.165) is 12.2 Å². The van der Waals surface area contributed by atoms with Crippen LogP contribution in [0.2, 0.25) is 0 Å². The second kappa shape index (κ2) is 7.49. The highest BCUT2D eigenvalue weighted by molar-refractivity contribution is 7.99. The molecule has 110 valence electrons. The number of thioether (sulfide) groups is 1. The fourth-order valence-corrected chi connectivity index (χ4v) is 2.49.